The third-order valence-electron chi connectivity index (χ3n) is 3.62. The number of aryl methyl sites for hydroxylation is 1. The highest BCUT2D eigenvalue weighted by atomic mass is 32.1. The fourth-order valence-corrected chi connectivity index (χ4v) is 3.35. The molecule has 0 N–H and O–H groups in total. The number of nitrogens with zero attached hydrogens (tertiary/aromatic N) is 6. The Labute approximate surface area is 130 Å². The van der Waals surface area contributed by atoms with Crippen LogP contribution in [0, 0.1) is 6.92 Å². The Morgan fingerprint density at radius 2 is 2.09 bits per heavy atom. The summed E-state index contributed by atoms with van der Waals surface area (Å²) in [6, 6.07) is 7.69. The molecule has 1 amide bonds. The number of anilines is 2. The van der Waals surface area contributed by atoms with Crippen molar-refractivity contribution < 1.29 is 4.79 Å². The van der Waals surface area contributed by atoms with Crippen LogP contribution in [0.4, 0.5) is 10.8 Å². The molecular weight excluding hydrogens is 300 g/mol. The first-order valence-electron chi connectivity index (χ1n) is 7.00. The highest BCUT2D eigenvalue weighted by Crippen LogP contribution is 2.24. The van der Waals surface area contributed by atoms with Crippen LogP contribution >= 0.6 is 11.3 Å². The average Bonchev–Trinajstić information content (AvgIpc) is 3.14. The fraction of sp³-hybridized carbons (Fsp3) is 0.286. The molecule has 1 fully saturated rings. The van der Waals surface area contributed by atoms with E-state index >= 15 is 0 Å². The van der Waals surface area contributed by atoms with Gasteiger partial charge in [0.1, 0.15) is 5.82 Å². The number of carbonyl (C=O) groups is 1. The summed E-state index contributed by atoms with van der Waals surface area (Å²) in [7, 11) is 0. The predicted molar refractivity (Wildman–Crippen MR) is 84.4 cm³/mol. The molecule has 1 saturated heterocycles. The van der Waals surface area contributed by atoms with Crippen LogP contribution in [0.1, 0.15) is 5.82 Å². The van der Waals surface area contributed by atoms with Crippen molar-refractivity contribution in [3.8, 4) is 0 Å². The van der Waals surface area contributed by atoms with Crippen molar-refractivity contribution >= 4 is 33.7 Å². The van der Waals surface area contributed by atoms with Gasteiger partial charge in [0.05, 0.1) is 11.5 Å². The first kappa shape index (κ1) is 13.2. The van der Waals surface area contributed by atoms with Crippen LogP contribution in [-0.4, -0.2) is 45.4 Å². The average molecular weight is 314 g/mol. The lowest BCUT2D eigenvalue weighted by molar-refractivity contribution is -0.117. The molecule has 1 aliphatic rings. The van der Waals surface area contributed by atoms with Gasteiger partial charge in [-0.2, -0.15) is 0 Å². The minimum atomic E-state index is 0.0883. The Bertz CT molecular complexity index is 827. The Morgan fingerprint density at radius 3 is 2.86 bits per heavy atom. The summed E-state index contributed by atoms with van der Waals surface area (Å²) in [5, 5.41) is 11.6. The first-order valence-corrected chi connectivity index (χ1v) is 7.88. The topological polar surface area (TPSA) is 66.6 Å². The van der Waals surface area contributed by atoms with Crippen molar-refractivity contribution in [3.63, 3.8) is 0 Å². The summed E-state index contributed by atoms with van der Waals surface area (Å²) < 4.78 is 1.51. The SMILES string of the molecule is Cc1nc2ccc(N3CCN(c4cccs4)C(=O)C3)nn2n1. The molecule has 0 aliphatic carbocycles. The lowest BCUT2D eigenvalue weighted by atomic mass is 10.3. The lowest BCUT2D eigenvalue weighted by Gasteiger charge is -2.33. The fourth-order valence-electron chi connectivity index (χ4n) is 2.57. The molecule has 0 spiro atoms. The minimum Gasteiger partial charge on any atom is -0.344 e. The highest BCUT2D eigenvalue weighted by Gasteiger charge is 2.26. The third-order valence-corrected chi connectivity index (χ3v) is 4.51. The van der Waals surface area contributed by atoms with Gasteiger partial charge in [0.15, 0.2) is 11.5 Å². The summed E-state index contributed by atoms with van der Waals surface area (Å²) in [6.07, 6.45) is 0. The van der Waals surface area contributed by atoms with E-state index in [9.17, 15) is 4.79 Å². The van der Waals surface area contributed by atoms with Crippen LogP contribution < -0.4 is 9.80 Å². The number of thiophene rings is 1. The first-order chi connectivity index (χ1) is 10.7. The van der Waals surface area contributed by atoms with Gasteiger partial charge in [-0.15, -0.1) is 26.2 Å². The molecule has 112 valence electrons. The van der Waals surface area contributed by atoms with Gasteiger partial charge in [0.2, 0.25) is 5.91 Å². The van der Waals surface area contributed by atoms with Crippen molar-refractivity contribution in [2.45, 2.75) is 6.92 Å². The maximum atomic E-state index is 12.4. The third kappa shape index (κ3) is 2.21. The molecule has 3 aromatic rings. The van der Waals surface area contributed by atoms with Gasteiger partial charge in [0.25, 0.3) is 0 Å². The second-order valence-electron chi connectivity index (χ2n) is 5.12. The van der Waals surface area contributed by atoms with Crippen LogP contribution in [0.5, 0.6) is 0 Å². The van der Waals surface area contributed by atoms with Crippen LogP contribution in [0.25, 0.3) is 5.65 Å². The zero-order chi connectivity index (χ0) is 15.1. The van der Waals surface area contributed by atoms with Crippen molar-refractivity contribution in [3.05, 3.63) is 35.5 Å². The molecular formula is C14H14N6OS. The van der Waals surface area contributed by atoms with Crippen molar-refractivity contribution in [1.82, 2.24) is 19.8 Å². The van der Waals surface area contributed by atoms with Gasteiger partial charge in [-0.3, -0.25) is 4.79 Å². The normalized spacial score (nSPS) is 15.8. The summed E-state index contributed by atoms with van der Waals surface area (Å²) in [5.74, 6) is 1.52. The second kappa shape index (κ2) is 5.06. The predicted octanol–water partition coefficient (Wildman–Crippen LogP) is 1.35. The van der Waals surface area contributed by atoms with Crippen molar-refractivity contribution in [2.75, 3.05) is 29.4 Å². The quantitative estimate of drug-likeness (QED) is 0.714. The largest absolute Gasteiger partial charge is 0.344 e. The second-order valence-corrected chi connectivity index (χ2v) is 6.04. The van der Waals surface area contributed by atoms with Gasteiger partial charge < -0.3 is 9.80 Å². The Hall–Kier alpha value is -2.48. The van der Waals surface area contributed by atoms with E-state index in [1.807, 2.05) is 46.4 Å². The summed E-state index contributed by atoms with van der Waals surface area (Å²) >= 11 is 1.58. The van der Waals surface area contributed by atoms with E-state index in [0.29, 0.717) is 24.6 Å². The number of hydrogen-bond acceptors (Lipinski definition) is 6. The Balaban J connectivity index is 1.57. The molecule has 1 aliphatic heterocycles. The van der Waals surface area contributed by atoms with E-state index in [2.05, 4.69) is 15.2 Å². The van der Waals surface area contributed by atoms with Crippen LogP contribution in [0.15, 0.2) is 29.6 Å². The number of hydrogen-bond donors (Lipinski definition) is 0. The van der Waals surface area contributed by atoms with Crippen LogP contribution in [0.2, 0.25) is 0 Å². The van der Waals surface area contributed by atoms with E-state index < -0.39 is 0 Å². The van der Waals surface area contributed by atoms with Crippen LogP contribution in [-0.2, 0) is 4.79 Å². The zero-order valence-electron chi connectivity index (χ0n) is 12.0. The van der Waals surface area contributed by atoms with E-state index in [1.54, 1.807) is 11.3 Å². The van der Waals surface area contributed by atoms with Crippen molar-refractivity contribution in [1.29, 1.82) is 0 Å². The molecule has 0 aromatic carbocycles. The molecule has 0 bridgehead atoms. The molecule has 0 saturated carbocycles. The van der Waals surface area contributed by atoms with E-state index in [4.69, 9.17) is 0 Å². The number of aromatic nitrogens is 4. The number of piperazine rings is 1. The van der Waals surface area contributed by atoms with E-state index in [0.717, 1.165) is 17.4 Å². The standard InChI is InChI=1S/C14H14N6OS/c1-10-15-11-4-5-12(17-20(11)16-10)18-6-7-19(13(21)9-18)14-3-2-8-22-14/h2-5,8H,6-7,9H2,1H3. The number of fused-ring (bicyclic) bond motifs is 1. The summed E-state index contributed by atoms with van der Waals surface area (Å²) in [5.41, 5.74) is 0.713. The molecule has 7 nitrogen and oxygen atoms in total. The maximum absolute atomic E-state index is 12.4. The molecule has 22 heavy (non-hydrogen) atoms. The zero-order valence-corrected chi connectivity index (χ0v) is 12.8. The molecule has 8 heteroatoms. The molecule has 4 rings (SSSR count). The lowest BCUT2D eigenvalue weighted by Crippen LogP contribution is -2.50. The number of amides is 1. The Kier molecular flexibility index (Phi) is 3.04. The molecule has 0 unspecified atom stereocenters. The smallest absolute Gasteiger partial charge is 0.247 e. The molecule has 0 atom stereocenters. The van der Waals surface area contributed by atoms with Gasteiger partial charge >= 0.3 is 0 Å². The van der Waals surface area contributed by atoms with Gasteiger partial charge in [-0.1, -0.05) is 0 Å². The summed E-state index contributed by atoms with van der Waals surface area (Å²) in [6.45, 7) is 3.56. The van der Waals surface area contributed by atoms with Gasteiger partial charge in [-0.05, 0) is 36.6 Å². The number of rotatable bonds is 2. The molecule has 0 radical (unpaired) electrons. The monoisotopic (exact) mass is 314 g/mol. The minimum absolute atomic E-state index is 0.0883. The van der Waals surface area contributed by atoms with E-state index in [1.165, 1.54) is 4.63 Å². The van der Waals surface area contributed by atoms with E-state index in [-0.39, 0.29) is 5.91 Å². The van der Waals surface area contributed by atoms with Gasteiger partial charge in [-0.25, -0.2) is 4.98 Å². The molecule has 4 heterocycles. The number of carbonyl (C=O) groups excluding carboxylic acids is 1. The summed E-state index contributed by atoms with van der Waals surface area (Å²) in [4.78, 5) is 20.4. The molecule has 3 aromatic heterocycles. The van der Waals surface area contributed by atoms with Gasteiger partial charge in [0, 0.05) is 13.1 Å². The Morgan fingerprint density at radius 1 is 1.18 bits per heavy atom. The van der Waals surface area contributed by atoms with Crippen LogP contribution in [0.3, 0.4) is 0 Å². The van der Waals surface area contributed by atoms with Crippen molar-refractivity contribution in [2.24, 2.45) is 0 Å². The highest BCUT2D eigenvalue weighted by molar-refractivity contribution is 7.14. The maximum Gasteiger partial charge on any atom is 0.247 e.